The average Bonchev–Trinajstić information content (AvgIpc) is 3.23. The van der Waals surface area contributed by atoms with Crippen LogP contribution in [0.25, 0.3) is 33.6 Å². The highest BCUT2D eigenvalue weighted by Crippen LogP contribution is 2.19. The molecule has 108 valence electrons. The third kappa shape index (κ3) is 2.56. The van der Waals surface area contributed by atoms with Gasteiger partial charge in [-0.25, -0.2) is 0 Å². The van der Waals surface area contributed by atoms with Crippen LogP contribution in [-0.2, 0) is 0 Å². The van der Waals surface area contributed by atoms with Gasteiger partial charge in [-0.15, -0.1) is 0 Å². The molecule has 0 radical (unpaired) electrons. The van der Waals surface area contributed by atoms with Gasteiger partial charge in [0.2, 0.25) is 5.71 Å². The lowest BCUT2D eigenvalue weighted by atomic mass is 10.4. The van der Waals surface area contributed by atoms with Crippen molar-refractivity contribution < 1.29 is 13.3 Å². The van der Waals surface area contributed by atoms with Crippen LogP contribution >= 0.6 is 11.6 Å². The Kier molecular flexibility index (Phi) is 3.09. The van der Waals surface area contributed by atoms with E-state index in [9.17, 15) is 0 Å². The summed E-state index contributed by atoms with van der Waals surface area (Å²) in [6.07, 6.45) is 0. The van der Waals surface area contributed by atoms with Crippen molar-refractivity contribution in [2.75, 3.05) is 0 Å². The second-order valence-corrected chi connectivity index (χ2v) is 5.05. The van der Waals surface area contributed by atoms with Crippen LogP contribution < -0.4 is 0 Å². The van der Waals surface area contributed by atoms with Crippen molar-refractivity contribution >= 4 is 45.2 Å². The van der Waals surface area contributed by atoms with Gasteiger partial charge in [-0.1, -0.05) is 11.6 Å². The molecular formula is C17H10ClNO3. The van der Waals surface area contributed by atoms with E-state index in [-0.39, 0.29) is 5.15 Å². The lowest BCUT2D eigenvalue weighted by Crippen LogP contribution is -1.67. The highest BCUT2D eigenvalue weighted by atomic mass is 35.5. The van der Waals surface area contributed by atoms with Gasteiger partial charge in [0.25, 0.3) is 0 Å². The fraction of sp³-hybridized carbons (Fsp3) is 0. The fourth-order valence-corrected chi connectivity index (χ4v) is 2.26. The molecule has 6 bridgehead atoms. The second kappa shape index (κ2) is 5.24. The molecule has 4 nitrogen and oxygen atoms in total. The Balaban J connectivity index is 2.10. The summed E-state index contributed by atoms with van der Waals surface area (Å²) in [6, 6.07) is 18.2. The fourth-order valence-electron chi connectivity index (χ4n) is 2.07. The Morgan fingerprint density at radius 2 is 1.09 bits per heavy atom. The van der Waals surface area contributed by atoms with Crippen molar-refractivity contribution in [2.45, 2.75) is 0 Å². The van der Waals surface area contributed by atoms with E-state index in [1.807, 2.05) is 48.5 Å². The zero-order chi connectivity index (χ0) is 14.9. The average molecular weight is 312 g/mol. The largest absolute Gasteiger partial charge is 0.457 e. The minimum Gasteiger partial charge on any atom is -0.457 e. The first-order chi connectivity index (χ1) is 10.8. The molecule has 5 heteroatoms. The van der Waals surface area contributed by atoms with Gasteiger partial charge in [-0.2, -0.15) is 4.98 Å². The molecule has 0 saturated heterocycles. The molecule has 4 heterocycles. The summed E-state index contributed by atoms with van der Waals surface area (Å²) in [5, 5.41) is 0.235. The molecule has 4 aromatic heterocycles. The molecule has 0 aliphatic heterocycles. The molecule has 0 N–H and O–H groups in total. The van der Waals surface area contributed by atoms with Crippen LogP contribution in [0.4, 0.5) is 0 Å². The number of furan rings is 3. The van der Waals surface area contributed by atoms with Crippen LogP contribution in [-0.4, -0.2) is 4.98 Å². The molecule has 0 unspecified atom stereocenters. The molecule has 0 fully saturated rings. The Bertz CT molecular complexity index is 1060. The Morgan fingerprint density at radius 3 is 1.77 bits per heavy atom. The van der Waals surface area contributed by atoms with Crippen molar-refractivity contribution in [3.63, 3.8) is 0 Å². The summed E-state index contributed by atoms with van der Waals surface area (Å²) < 4.78 is 16.9. The van der Waals surface area contributed by atoms with E-state index < -0.39 is 0 Å². The van der Waals surface area contributed by atoms with Gasteiger partial charge in [0.1, 0.15) is 22.3 Å². The predicted octanol–water partition coefficient (Wildman–Crippen LogP) is 5.66. The predicted molar refractivity (Wildman–Crippen MR) is 85.0 cm³/mol. The smallest absolute Gasteiger partial charge is 0.220 e. The summed E-state index contributed by atoms with van der Waals surface area (Å²) in [6.45, 7) is 0. The first-order valence-corrected chi connectivity index (χ1v) is 7.04. The molecule has 0 atom stereocenters. The van der Waals surface area contributed by atoms with Gasteiger partial charge in [-0.3, -0.25) is 0 Å². The number of hydrogen-bond donors (Lipinski definition) is 0. The number of aromatic nitrogens is 1. The standard InChI is InChI=1S/C17H10ClNO3/c18-17-15-9-7-13(21-15)5-3-11-1-2-12(20-11)4-6-14-8-10-16(19-17)22-14/h1-10H. The molecule has 0 amide bonds. The van der Waals surface area contributed by atoms with Crippen LogP contribution in [0.3, 0.4) is 0 Å². The van der Waals surface area contributed by atoms with Crippen molar-refractivity contribution in [1.29, 1.82) is 0 Å². The Hall–Kier alpha value is -2.72. The molecule has 0 aliphatic rings. The zero-order valence-corrected chi connectivity index (χ0v) is 12.1. The molecule has 0 aliphatic carbocycles. The van der Waals surface area contributed by atoms with Gasteiger partial charge in [0.15, 0.2) is 10.7 Å². The van der Waals surface area contributed by atoms with Crippen LogP contribution in [0.5, 0.6) is 0 Å². The SMILES string of the molecule is Clc1nc2ccc(ccc3ccc(ccc4ccc1o4)o3)o2. The molecule has 22 heavy (non-hydrogen) atoms. The lowest BCUT2D eigenvalue weighted by molar-refractivity contribution is 0.646. The minimum absolute atomic E-state index is 0.235. The van der Waals surface area contributed by atoms with E-state index in [0.717, 1.165) is 11.2 Å². The topological polar surface area (TPSA) is 52.3 Å². The number of hydrogen-bond acceptors (Lipinski definition) is 4. The zero-order valence-electron chi connectivity index (χ0n) is 11.3. The van der Waals surface area contributed by atoms with E-state index in [1.165, 1.54) is 0 Å². The summed E-state index contributed by atoms with van der Waals surface area (Å²) >= 11 is 6.16. The maximum atomic E-state index is 6.16. The van der Waals surface area contributed by atoms with Gasteiger partial charge in [0, 0.05) is 6.07 Å². The van der Waals surface area contributed by atoms with Crippen LogP contribution in [0.2, 0.25) is 5.15 Å². The first-order valence-electron chi connectivity index (χ1n) is 6.66. The third-order valence-electron chi connectivity index (χ3n) is 3.12. The maximum Gasteiger partial charge on any atom is 0.220 e. The van der Waals surface area contributed by atoms with Crippen molar-refractivity contribution in [3.05, 3.63) is 65.8 Å². The Morgan fingerprint density at radius 1 is 0.591 bits per heavy atom. The van der Waals surface area contributed by atoms with Gasteiger partial charge >= 0.3 is 0 Å². The van der Waals surface area contributed by atoms with E-state index >= 15 is 0 Å². The second-order valence-electron chi connectivity index (χ2n) is 4.69. The molecule has 0 aromatic carbocycles. The highest BCUT2D eigenvalue weighted by molar-refractivity contribution is 6.32. The van der Waals surface area contributed by atoms with E-state index in [0.29, 0.717) is 22.5 Å². The van der Waals surface area contributed by atoms with Crippen LogP contribution in [0.1, 0.15) is 0 Å². The first kappa shape index (κ1) is 13.0. The summed E-state index contributed by atoms with van der Waals surface area (Å²) in [5.74, 6) is 0. The van der Waals surface area contributed by atoms with Gasteiger partial charge < -0.3 is 13.3 Å². The molecule has 4 rings (SSSR count). The molecule has 0 saturated carbocycles. The van der Waals surface area contributed by atoms with E-state index in [1.54, 1.807) is 12.1 Å². The monoisotopic (exact) mass is 311 g/mol. The van der Waals surface area contributed by atoms with Crippen molar-refractivity contribution in [2.24, 2.45) is 0 Å². The molecular weight excluding hydrogens is 302 g/mol. The van der Waals surface area contributed by atoms with Crippen molar-refractivity contribution in [3.8, 4) is 0 Å². The molecule has 4 aromatic rings. The number of fused-ring (bicyclic) bond motifs is 6. The number of nitrogens with zero attached hydrogens (tertiary/aromatic N) is 1. The van der Waals surface area contributed by atoms with E-state index in [2.05, 4.69) is 4.98 Å². The lowest BCUT2D eigenvalue weighted by Gasteiger charge is -1.83. The number of rotatable bonds is 0. The van der Waals surface area contributed by atoms with Crippen LogP contribution in [0, 0.1) is 0 Å². The van der Waals surface area contributed by atoms with Crippen LogP contribution in [0.15, 0.2) is 73.9 Å². The minimum atomic E-state index is 0.235. The summed E-state index contributed by atoms with van der Waals surface area (Å²) in [5.41, 5.74) is 3.66. The van der Waals surface area contributed by atoms with Gasteiger partial charge in [-0.05, 0) is 54.6 Å². The highest BCUT2D eigenvalue weighted by Gasteiger charge is 1.99. The summed E-state index contributed by atoms with van der Waals surface area (Å²) in [7, 11) is 0. The van der Waals surface area contributed by atoms with E-state index in [4.69, 9.17) is 24.9 Å². The number of halogens is 1. The Labute approximate surface area is 129 Å². The van der Waals surface area contributed by atoms with Gasteiger partial charge in [0.05, 0.1) is 0 Å². The quantitative estimate of drug-likeness (QED) is 0.420. The summed E-state index contributed by atoms with van der Waals surface area (Å²) in [4.78, 5) is 4.20. The molecule has 0 spiro atoms. The van der Waals surface area contributed by atoms with Crippen molar-refractivity contribution in [1.82, 2.24) is 4.98 Å². The maximum absolute atomic E-state index is 6.16. The third-order valence-corrected chi connectivity index (χ3v) is 3.39. The normalized spacial score (nSPS) is 11.0.